The van der Waals surface area contributed by atoms with Gasteiger partial charge in [-0.2, -0.15) is 0 Å². The zero-order valence-corrected chi connectivity index (χ0v) is 40.2. The molecule has 368 valence electrons. The highest BCUT2D eigenvalue weighted by atomic mass is 16.7. The summed E-state index contributed by atoms with van der Waals surface area (Å²) in [7, 11) is 0. The molecule has 11 heteroatoms. The number of hydrogen-bond acceptors (Lipinski definition) is 10. The van der Waals surface area contributed by atoms with Crippen LogP contribution < -0.4 is 5.32 Å². The predicted octanol–water partition coefficient (Wildman–Crippen LogP) is 10.4. The van der Waals surface area contributed by atoms with E-state index in [9.17, 15) is 35.1 Å². The molecule has 1 rings (SSSR count). The Kier molecular flexibility index (Phi) is 38.6. The Balaban J connectivity index is 2.81. The van der Waals surface area contributed by atoms with Gasteiger partial charge in [0.1, 0.15) is 24.4 Å². The third-order valence-corrected chi connectivity index (χ3v) is 12.0. The molecule has 1 amide bonds. The number of allylic oxidation sites excluding steroid dienone is 5. The summed E-state index contributed by atoms with van der Waals surface area (Å²) in [5.41, 5.74) is 0. The molecule has 0 spiro atoms. The molecule has 1 aliphatic heterocycles. The van der Waals surface area contributed by atoms with Gasteiger partial charge < -0.3 is 45.1 Å². The van der Waals surface area contributed by atoms with E-state index in [0.717, 1.165) is 89.9 Å². The number of ether oxygens (including phenoxy) is 3. The monoisotopic (exact) mass is 894 g/mol. The first-order chi connectivity index (χ1) is 30.7. The summed E-state index contributed by atoms with van der Waals surface area (Å²) in [5, 5.41) is 56.4. The van der Waals surface area contributed by atoms with Gasteiger partial charge in [0.2, 0.25) is 5.91 Å². The summed E-state index contributed by atoms with van der Waals surface area (Å²) >= 11 is 0. The minimum absolute atomic E-state index is 0.113. The molecule has 1 fully saturated rings. The lowest BCUT2D eigenvalue weighted by molar-refractivity contribution is -0.305. The van der Waals surface area contributed by atoms with Crippen LogP contribution in [0.4, 0.5) is 0 Å². The first kappa shape index (κ1) is 58.9. The van der Waals surface area contributed by atoms with Gasteiger partial charge in [-0.1, -0.05) is 186 Å². The lowest BCUT2D eigenvalue weighted by Crippen LogP contribution is -2.61. The summed E-state index contributed by atoms with van der Waals surface area (Å²) in [6, 6.07) is -1.02. The van der Waals surface area contributed by atoms with E-state index in [4.69, 9.17) is 14.2 Å². The molecule has 63 heavy (non-hydrogen) atoms. The van der Waals surface area contributed by atoms with E-state index in [0.29, 0.717) is 12.8 Å². The van der Waals surface area contributed by atoms with Crippen LogP contribution in [0.1, 0.15) is 220 Å². The lowest BCUT2D eigenvalue weighted by atomic mass is 9.99. The average molecular weight is 894 g/mol. The Labute approximate surface area is 383 Å². The van der Waals surface area contributed by atoms with Gasteiger partial charge in [0, 0.05) is 6.42 Å². The van der Waals surface area contributed by atoms with E-state index in [1.165, 1.54) is 83.5 Å². The van der Waals surface area contributed by atoms with Crippen LogP contribution in [0.5, 0.6) is 0 Å². The SMILES string of the molecule is CCCC/C=C\CCCCCCCC(=O)OC1C(OCC(NC(=O)C(O)CCCCCC/C=C\CCCC)C(O)/C=C/CCCCCCCCCCCCC)OC(CO)C(O)C1O. The Hall–Kier alpha value is -2.12. The van der Waals surface area contributed by atoms with Gasteiger partial charge >= 0.3 is 5.97 Å². The van der Waals surface area contributed by atoms with E-state index >= 15 is 0 Å². The van der Waals surface area contributed by atoms with E-state index < -0.39 is 67.4 Å². The van der Waals surface area contributed by atoms with Crippen molar-refractivity contribution in [2.24, 2.45) is 0 Å². The van der Waals surface area contributed by atoms with E-state index in [1.54, 1.807) is 6.08 Å². The van der Waals surface area contributed by atoms with Crippen molar-refractivity contribution in [3.63, 3.8) is 0 Å². The number of esters is 1. The van der Waals surface area contributed by atoms with Gasteiger partial charge in [-0.15, -0.1) is 0 Å². The molecule has 8 atom stereocenters. The van der Waals surface area contributed by atoms with Gasteiger partial charge in [0.25, 0.3) is 0 Å². The van der Waals surface area contributed by atoms with Crippen molar-refractivity contribution < 1.29 is 49.3 Å². The second-order valence-corrected chi connectivity index (χ2v) is 17.9. The van der Waals surface area contributed by atoms with Crippen LogP contribution in [0.2, 0.25) is 0 Å². The topological polar surface area (TPSA) is 175 Å². The second-order valence-electron chi connectivity index (χ2n) is 17.9. The molecular weight excluding hydrogens is 799 g/mol. The van der Waals surface area contributed by atoms with Crippen LogP contribution in [-0.4, -0.2) is 99.6 Å². The number of aliphatic hydroxyl groups is 5. The minimum Gasteiger partial charge on any atom is -0.454 e. The maximum Gasteiger partial charge on any atom is 0.306 e. The van der Waals surface area contributed by atoms with Gasteiger partial charge in [-0.05, 0) is 64.2 Å². The quantitative estimate of drug-likeness (QED) is 0.0197. The highest BCUT2D eigenvalue weighted by molar-refractivity contribution is 5.80. The molecular formula is C52H95NO10. The molecule has 0 aliphatic carbocycles. The van der Waals surface area contributed by atoms with Crippen LogP contribution >= 0.6 is 0 Å². The highest BCUT2D eigenvalue weighted by Gasteiger charge is 2.47. The maximum atomic E-state index is 13.3. The molecule has 0 aromatic rings. The molecule has 1 aliphatic rings. The van der Waals surface area contributed by atoms with Crippen molar-refractivity contribution in [3.05, 3.63) is 36.5 Å². The molecule has 6 N–H and O–H groups in total. The van der Waals surface area contributed by atoms with E-state index in [-0.39, 0.29) is 19.4 Å². The van der Waals surface area contributed by atoms with Crippen molar-refractivity contribution in [2.45, 2.75) is 269 Å². The zero-order valence-electron chi connectivity index (χ0n) is 40.2. The smallest absolute Gasteiger partial charge is 0.306 e. The summed E-state index contributed by atoms with van der Waals surface area (Å²) < 4.78 is 17.5. The minimum atomic E-state index is -1.61. The summed E-state index contributed by atoms with van der Waals surface area (Å²) in [6.07, 6.45) is 34.9. The van der Waals surface area contributed by atoms with E-state index in [1.807, 2.05) is 6.08 Å². The molecule has 0 aromatic heterocycles. The number of unbranched alkanes of at least 4 members (excludes halogenated alkanes) is 24. The molecule has 11 nitrogen and oxygen atoms in total. The number of amides is 1. The summed E-state index contributed by atoms with van der Waals surface area (Å²) in [5.74, 6) is -1.22. The Morgan fingerprint density at radius 1 is 0.603 bits per heavy atom. The normalized spacial score (nSPS) is 20.8. The number of nitrogens with one attached hydrogen (secondary N) is 1. The molecule has 1 heterocycles. The molecule has 0 saturated carbocycles. The molecule has 0 bridgehead atoms. The number of hydrogen-bond donors (Lipinski definition) is 6. The van der Waals surface area contributed by atoms with Gasteiger partial charge in [-0.25, -0.2) is 0 Å². The third-order valence-electron chi connectivity index (χ3n) is 12.0. The van der Waals surface area contributed by atoms with Crippen LogP contribution in [-0.2, 0) is 23.8 Å². The van der Waals surface area contributed by atoms with Crippen LogP contribution in [0.3, 0.4) is 0 Å². The summed E-state index contributed by atoms with van der Waals surface area (Å²) in [6.45, 7) is 5.66. The largest absolute Gasteiger partial charge is 0.454 e. The molecule has 1 saturated heterocycles. The number of aliphatic hydroxyl groups excluding tert-OH is 5. The molecule has 8 unspecified atom stereocenters. The first-order valence-electron chi connectivity index (χ1n) is 25.8. The average Bonchev–Trinajstić information content (AvgIpc) is 3.28. The zero-order chi connectivity index (χ0) is 46.2. The first-order valence-corrected chi connectivity index (χ1v) is 25.8. The maximum absolute atomic E-state index is 13.3. The fraction of sp³-hybridized carbons (Fsp3) is 0.846. The molecule has 0 aromatic carbocycles. The Morgan fingerprint density at radius 2 is 1.06 bits per heavy atom. The van der Waals surface area contributed by atoms with Crippen molar-refractivity contribution in [2.75, 3.05) is 13.2 Å². The Morgan fingerprint density at radius 3 is 1.59 bits per heavy atom. The number of carbonyl (C=O) groups excluding carboxylic acids is 2. The van der Waals surface area contributed by atoms with Crippen LogP contribution in [0, 0.1) is 0 Å². The Bertz CT molecular complexity index is 1160. The third kappa shape index (κ3) is 30.7. The van der Waals surface area contributed by atoms with Gasteiger partial charge in [0.15, 0.2) is 12.4 Å². The van der Waals surface area contributed by atoms with Crippen molar-refractivity contribution in [1.29, 1.82) is 0 Å². The fourth-order valence-electron chi connectivity index (χ4n) is 7.79. The van der Waals surface area contributed by atoms with Gasteiger partial charge in [0.05, 0.1) is 25.4 Å². The second kappa shape index (κ2) is 41.3. The fourth-order valence-corrected chi connectivity index (χ4v) is 7.79. The number of carbonyl (C=O) groups is 2. The van der Waals surface area contributed by atoms with Crippen molar-refractivity contribution >= 4 is 11.9 Å². The van der Waals surface area contributed by atoms with Crippen molar-refractivity contribution in [1.82, 2.24) is 5.32 Å². The summed E-state index contributed by atoms with van der Waals surface area (Å²) in [4.78, 5) is 26.2. The number of rotatable bonds is 42. The standard InChI is InChI=1S/C52H95NO10/c1-4-7-10-13-16-19-22-23-25-27-29-32-35-38-44(55)43(53-51(60)45(56)39-36-33-30-26-21-18-15-12-9-6-3)42-61-52-50(49(59)48(58)46(41-54)62-52)63-47(57)40-37-34-31-28-24-20-17-14-11-8-5-2/h14-15,17-18,35,38,43-46,48-50,52,54-56,58-59H,4-13,16,19-34,36-37,39-42H2,1-3H3,(H,53,60)/b17-14-,18-15-,38-35+. The van der Waals surface area contributed by atoms with Crippen molar-refractivity contribution in [3.8, 4) is 0 Å². The van der Waals surface area contributed by atoms with Crippen LogP contribution in [0.15, 0.2) is 36.5 Å². The molecule has 0 radical (unpaired) electrons. The van der Waals surface area contributed by atoms with E-state index in [2.05, 4.69) is 50.4 Å². The highest BCUT2D eigenvalue weighted by Crippen LogP contribution is 2.26. The van der Waals surface area contributed by atoms with Gasteiger partial charge in [-0.3, -0.25) is 9.59 Å². The van der Waals surface area contributed by atoms with Crippen LogP contribution in [0.25, 0.3) is 0 Å². The predicted molar refractivity (Wildman–Crippen MR) is 255 cm³/mol. The lowest BCUT2D eigenvalue weighted by Gasteiger charge is -2.41.